The number of piperidine rings is 1. The molecule has 2 aliphatic carbocycles. The first-order valence-electron chi connectivity index (χ1n) is 12.9. The van der Waals surface area contributed by atoms with Gasteiger partial charge in [-0.2, -0.15) is 0 Å². The number of carbonyl (C=O) groups excluding carboxylic acids is 2. The molecule has 0 amide bonds. The van der Waals surface area contributed by atoms with E-state index >= 15 is 0 Å². The van der Waals surface area contributed by atoms with Crippen molar-refractivity contribution in [3.8, 4) is 5.75 Å². The minimum atomic E-state index is -0.398. The Hall–Kier alpha value is -3.59. The summed E-state index contributed by atoms with van der Waals surface area (Å²) in [7, 11) is 0. The molecule has 2 N–H and O–H groups in total. The molecule has 0 aromatic heterocycles. The monoisotopic (exact) mass is 498 g/mol. The number of hydrogen-bond donors (Lipinski definition) is 2. The second-order valence-corrected chi connectivity index (χ2v) is 9.99. The predicted octanol–water partition coefficient (Wildman–Crippen LogP) is 1.75. The molecular formula is C29H28N3O5+. The van der Waals surface area contributed by atoms with Crippen molar-refractivity contribution in [3.63, 3.8) is 0 Å². The molecule has 188 valence electrons. The summed E-state index contributed by atoms with van der Waals surface area (Å²) in [5, 5.41) is 3.46. The molecule has 0 bridgehead atoms. The molecule has 2 saturated heterocycles. The highest BCUT2D eigenvalue weighted by atomic mass is 16.7. The zero-order valence-electron chi connectivity index (χ0n) is 20.4. The average Bonchev–Trinajstić information content (AvgIpc) is 3.39. The first kappa shape index (κ1) is 22.6. The number of nitrogens with zero attached hydrogens (tertiary/aromatic N) is 1. The van der Waals surface area contributed by atoms with E-state index in [0.29, 0.717) is 59.1 Å². The Kier molecular flexibility index (Phi) is 5.35. The number of benzene rings is 2. The van der Waals surface area contributed by atoms with Crippen molar-refractivity contribution in [2.75, 3.05) is 44.7 Å². The van der Waals surface area contributed by atoms with Gasteiger partial charge in [0.15, 0.2) is 17.3 Å². The SMILES string of the molecule is O=C1c2ccccc2C(=O)c2c3c(cc(NCCN4CCC5(CC4)OCCO5)c21)OC1C=CC=CC1=[NH+]3. The van der Waals surface area contributed by atoms with Gasteiger partial charge in [0.1, 0.15) is 5.56 Å². The van der Waals surface area contributed by atoms with Gasteiger partial charge >= 0.3 is 0 Å². The summed E-state index contributed by atoms with van der Waals surface area (Å²) in [5.41, 5.74) is 3.65. The number of hydrogen-bond acceptors (Lipinski definition) is 7. The average molecular weight is 499 g/mol. The molecular weight excluding hydrogens is 470 g/mol. The predicted molar refractivity (Wildman–Crippen MR) is 137 cm³/mol. The van der Waals surface area contributed by atoms with E-state index in [0.717, 1.165) is 38.2 Å². The van der Waals surface area contributed by atoms with Gasteiger partial charge in [0, 0.05) is 62.3 Å². The number of likely N-dealkylation sites (tertiary alicyclic amines) is 1. The molecule has 7 rings (SSSR count). The minimum absolute atomic E-state index is 0.154. The lowest BCUT2D eigenvalue weighted by Gasteiger charge is -2.37. The quantitative estimate of drug-likeness (QED) is 0.567. The topological polar surface area (TPSA) is 91.1 Å². The molecule has 37 heavy (non-hydrogen) atoms. The Bertz CT molecular complexity index is 1390. The van der Waals surface area contributed by atoms with Gasteiger partial charge in [-0.3, -0.25) is 9.59 Å². The second kappa shape index (κ2) is 8.76. The first-order valence-corrected chi connectivity index (χ1v) is 12.9. The van der Waals surface area contributed by atoms with Crippen LogP contribution in [0.1, 0.15) is 44.7 Å². The second-order valence-electron chi connectivity index (χ2n) is 9.99. The number of rotatable bonds is 4. The van der Waals surface area contributed by atoms with Gasteiger partial charge in [-0.05, 0) is 6.08 Å². The van der Waals surface area contributed by atoms with Gasteiger partial charge in [-0.15, -0.1) is 0 Å². The Labute approximate surface area is 214 Å². The van der Waals surface area contributed by atoms with Crippen LogP contribution in [-0.2, 0) is 9.47 Å². The summed E-state index contributed by atoms with van der Waals surface area (Å²) < 4.78 is 18.0. The van der Waals surface area contributed by atoms with E-state index in [1.54, 1.807) is 24.3 Å². The van der Waals surface area contributed by atoms with Crippen molar-refractivity contribution >= 4 is 28.7 Å². The van der Waals surface area contributed by atoms with Gasteiger partial charge in [0.25, 0.3) is 5.69 Å². The molecule has 0 saturated carbocycles. The molecule has 8 heteroatoms. The lowest BCUT2D eigenvalue weighted by atomic mass is 9.81. The molecule has 2 fully saturated rings. The van der Waals surface area contributed by atoms with Crippen molar-refractivity contribution < 1.29 is 28.8 Å². The Morgan fingerprint density at radius 2 is 1.73 bits per heavy atom. The van der Waals surface area contributed by atoms with Crippen molar-refractivity contribution in [2.45, 2.75) is 24.7 Å². The van der Waals surface area contributed by atoms with Crippen LogP contribution < -0.4 is 15.0 Å². The van der Waals surface area contributed by atoms with Crippen LogP contribution in [0.4, 0.5) is 11.4 Å². The maximum Gasteiger partial charge on any atom is 0.258 e. The zero-order chi connectivity index (χ0) is 25.0. The lowest BCUT2D eigenvalue weighted by Crippen LogP contribution is -2.72. The van der Waals surface area contributed by atoms with Crippen molar-refractivity contribution in [2.24, 2.45) is 0 Å². The molecule has 0 radical (unpaired) electrons. The third kappa shape index (κ3) is 3.75. The van der Waals surface area contributed by atoms with Gasteiger partial charge in [0.05, 0.1) is 24.5 Å². The van der Waals surface area contributed by atoms with E-state index in [2.05, 4.69) is 15.2 Å². The number of fused-ring (bicyclic) bond motifs is 5. The maximum atomic E-state index is 13.7. The standard InChI is InChI=1S/C29H27N3O5/c33-27-18-5-1-2-6-19(18)28(34)25-24(27)21(17-23-26(25)31-20-7-3-4-8-22(20)37-23)30-11-14-32-12-9-29(10-13-32)35-15-16-36-29/h1-8,17,22,30H,9-16H2/p+1. The normalized spacial score (nSPS) is 23.1. The molecule has 5 aliphatic rings. The molecule has 1 spiro atoms. The molecule has 8 nitrogen and oxygen atoms in total. The van der Waals surface area contributed by atoms with E-state index in [1.807, 2.05) is 30.4 Å². The highest BCUT2D eigenvalue weighted by Gasteiger charge is 2.42. The molecule has 1 atom stereocenters. The summed E-state index contributed by atoms with van der Waals surface area (Å²) in [6.07, 6.45) is 9.20. The number of allylic oxidation sites excluding steroid dienone is 2. The summed E-state index contributed by atoms with van der Waals surface area (Å²) in [6, 6.07) is 8.88. The van der Waals surface area contributed by atoms with Crippen LogP contribution in [0, 0.1) is 0 Å². The third-order valence-corrected chi connectivity index (χ3v) is 7.84. The van der Waals surface area contributed by atoms with E-state index in [4.69, 9.17) is 14.2 Å². The fourth-order valence-corrected chi connectivity index (χ4v) is 5.90. The highest BCUT2D eigenvalue weighted by Crippen LogP contribution is 2.41. The Morgan fingerprint density at radius 3 is 2.49 bits per heavy atom. The van der Waals surface area contributed by atoms with Gasteiger partial charge in [-0.1, -0.05) is 36.4 Å². The Balaban J connectivity index is 1.20. The summed E-state index contributed by atoms with van der Waals surface area (Å²) >= 11 is 0. The largest absolute Gasteiger partial charge is 0.468 e. The van der Waals surface area contributed by atoms with Gasteiger partial charge < -0.3 is 24.4 Å². The van der Waals surface area contributed by atoms with Crippen LogP contribution >= 0.6 is 0 Å². The van der Waals surface area contributed by atoms with Crippen LogP contribution in [-0.4, -0.2) is 73.5 Å². The van der Waals surface area contributed by atoms with E-state index in [-0.39, 0.29) is 17.7 Å². The number of ketones is 2. The van der Waals surface area contributed by atoms with E-state index in [1.165, 1.54) is 0 Å². The van der Waals surface area contributed by atoms with Gasteiger partial charge in [0.2, 0.25) is 17.6 Å². The fraction of sp³-hybridized carbons (Fsp3) is 0.345. The van der Waals surface area contributed by atoms with Crippen LogP contribution in [0.2, 0.25) is 0 Å². The number of carbonyl (C=O) groups is 2. The number of anilines is 1. The van der Waals surface area contributed by atoms with Crippen molar-refractivity contribution in [1.29, 1.82) is 0 Å². The summed E-state index contributed by atoms with van der Waals surface area (Å²) in [6.45, 7) is 4.55. The Morgan fingerprint density at radius 1 is 1.00 bits per heavy atom. The van der Waals surface area contributed by atoms with Gasteiger partial charge in [-0.25, -0.2) is 4.99 Å². The van der Waals surface area contributed by atoms with Crippen LogP contribution in [0.25, 0.3) is 0 Å². The van der Waals surface area contributed by atoms with Crippen LogP contribution in [0.5, 0.6) is 5.75 Å². The number of ether oxygens (including phenoxy) is 3. The maximum absolute atomic E-state index is 13.7. The van der Waals surface area contributed by atoms with E-state index < -0.39 is 5.79 Å². The highest BCUT2D eigenvalue weighted by molar-refractivity contribution is 6.32. The minimum Gasteiger partial charge on any atom is -0.468 e. The smallest absolute Gasteiger partial charge is 0.258 e. The molecule has 3 aliphatic heterocycles. The molecule has 2 aromatic rings. The summed E-state index contributed by atoms with van der Waals surface area (Å²) in [5.74, 6) is -0.164. The molecule has 2 aromatic carbocycles. The van der Waals surface area contributed by atoms with Crippen molar-refractivity contribution in [1.82, 2.24) is 4.90 Å². The first-order chi connectivity index (χ1) is 18.1. The number of nitrogens with one attached hydrogen (secondary N) is 2. The lowest BCUT2D eigenvalue weighted by molar-refractivity contribution is -0.362. The fourth-order valence-electron chi connectivity index (χ4n) is 5.90. The van der Waals surface area contributed by atoms with Crippen LogP contribution in [0.3, 0.4) is 0 Å². The van der Waals surface area contributed by atoms with E-state index in [9.17, 15) is 9.59 Å². The zero-order valence-corrected chi connectivity index (χ0v) is 20.4. The third-order valence-electron chi connectivity index (χ3n) is 7.84. The van der Waals surface area contributed by atoms with Crippen molar-refractivity contribution in [3.05, 3.63) is 76.9 Å². The van der Waals surface area contributed by atoms with Crippen LogP contribution in [0.15, 0.2) is 54.6 Å². The molecule has 1 unspecified atom stereocenters. The summed E-state index contributed by atoms with van der Waals surface area (Å²) in [4.78, 5) is 33.2. The molecule has 3 heterocycles.